The number of hydrogen-bond acceptors (Lipinski definition) is 4. The topological polar surface area (TPSA) is 71.2 Å². The number of carbonyl (C=O) groups is 1. The fraction of sp³-hybridized carbons (Fsp3) is 0.538. The normalized spacial score (nSPS) is 21.8. The van der Waals surface area contributed by atoms with Gasteiger partial charge in [0.25, 0.3) is 0 Å². The monoisotopic (exact) mass is 248 g/mol. The molecule has 5 heteroatoms. The van der Waals surface area contributed by atoms with Gasteiger partial charge in [0.05, 0.1) is 6.04 Å². The zero-order chi connectivity index (χ0) is 13.0. The maximum Gasteiger partial charge on any atom is 0.237 e. The Labute approximate surface area is 107 Å². The molecule has 0 aromatic carbocycles. The molecule has 0 aliphatic carbocycles. The molecule has 2 heterocycles. The highest BCUT2D eigenvalue weighted by molar-refractivity contribution is 5.81. The Hall–Kier alpha value is -1.46. The summed E-state index contributed by atoms with van der Waals surface area (Å²) < 4.78 is 0. The average molecular weight is 248 g/mol. The molecule has 5 nitrogen and oxygen atoms in total. The number of nitrogens with zero attached hydrogens (tertiary/aromatic N) is 2. The number of likely N-dealkylation sites (N-methyl/N-ethyl adjacent to an activating group) is 1. The van der Waals surface area contributed by atoms with Crippen molar-refractivity contribution in [3.05, 3.63) is 30.1 Å². The van der Waals surface area contributed by atoms with Crippen molar-refractivity contribution in [3.63, 3.8) is 0 Å². The van der Waals surface area contributed by atoms with E-state index in [2.05, 4.69) is 15.2 Å². The number of pyridine rings is 1. The molecule has 1 amide bonds. The maximum absolute atomic E-state index is 11.9. The van der Waals surface area contributed by atoms with Gasteiger partial charge in [0.1, 0.15) is 0 Å². The van der Waals surface area contributed by atoms with Gasteiger partial charge < -0.3 is 11.1 Å². The molecule has 0 spiro atoms. The summed E-state index contributed by atoms with van der Waals surface area (Å²) in [6, 6.07) is 3.97. The molecule has 98 valence electrons. The number of aromatic nitrogens is 1. The van der Waals surface area contributed by atoms with E-state index in [1.165, 1.54) is 0 Å². The number of hydrogen-bond donors (Lipinski definition) is 2. The van der Waals surface area contributed by atoms with E-state index in [-0.39, 0.29) is 18.0 Å². The van der Waals surface area contributed by atoms with Crippen molar-refractivity contribution >= 4 is 5.91 Å². The molecule has 1 aliphatic heterocycles. The number of likely N-dealkylation sites (tertiary alicyclic amines) is 1. The van der Waals surface area contributed by atoms with Crippen LogP contribution in [-0.2, 0) is 4.79 Å². The lowest BCUT2D eigenvalue weighted by Crippen LogP contribution is -2.45. The second kappa shape index (κ2) is 5.93. The lowest BCUT2D eigenvalue weighted by Gasteiger charge is -2.31. The number of nitrogens with two attached hydrogens (primary N) is 1. The lowest BCUT2D eigenvalue weighted by atomic mass is 10.1. The smallest absolute Gasteiger partial charge is 0.237 e. The quantitative estimate of drug-likeness (QED) is 0.803. The van der Waals surface area contributed by atoms with E-state index >= 15 is 0 Å². The predicted octanol–water partition coefficient (Wildman–Crippen LogP) is 0.292. The summed E-state index contributed by atoms with van der Waals surface area (Å²) in [6.45, 7) is 1.43. The van der Waals surface area contributed by atoms with Crippen molar-refractivity contribution in [2.75, 3.05) is 20.1 Å². The van der Waals surface area contributed by atoms with Crippen LogP contribution >= 0.6 is 0 Å². The predicted molar refractivity (Wildman–Crippen MR) is 69.8 cm³/mol. The second-order valence-electron chi connectivity index (χ2n) is 4.54. The van der Waals surface area contributed by atoms with Crippen LogP contribution < -0.4 is 11.1 Å². The van der Waals surface area contributed by atoms with Gasteiger partial charge in [0, 0.05) is 32.0 Å². The van der Waals surface area contributed by atoms with Gasteiger partial charge in [-0.2, -0.15) is 0 Å². The summed E-state index contributed by atoms with van der Waals surface area (Å²) >= 11 is 0. The fourth-order valence-electron chi connectivity index (χ4n) is 2.66. The molecule has 0 bridgehead atoms. The van der Waals surface area contributed by atoms with Crippen molar-refractivity contribution in [2.24, 2.45) is 5.73 Å². The van der Waals surface area contributed by atoms with Crippen molar-refractivity contribution < 1.29 is 4.79 Å². The number of nitrogens with one attached hydrogen (secondary N) is 1. The molecule has 3 N–H and O–H groups in total. The van der Waals surface area contributed by atoms with E-state index < -0.39 is 0 Å². The molecule has 2 rings (SSSR count). The standard InChI is InChI=1S/C13H20N4O/c1-15-13(18)11-3-2-8-17(11)12(9-14)10-4-6-16-7-5-10/h4-7,11-12H,2-3,8-9,14H2,1H3,(H,15,18). The Balaban J connectivity index is 2.19. The number of amides is 1. The van der Waals surface area contributed by atoms with Gasteiger partial charge in [-0.05, 0) is 37.1 Å². The molecule has 1 aromatic heterocycles. The van der Waals surface area contributed by atoms with E-state index in [1.807, 2.05) is 12.1 Å². The summed E-state index contributed by atoms with van der Waals surface area (Å²) in [7, 11) is 1.68. The minimum absolute atomic E-state index is 0.0586. The molecule has 1 aliphatic rings. The van der Waals surface area contributed by atoms with Crippen LogP contribution in [0.2, 0.25) is 0 Å². The van der Waals surface area contributed by atoms with Crippen LogP contribution in [0.1, 0.15) is 24.4 Å². The third-order valence-corrected chi connectivity index (χ3v) is 3.56. The summed E-state index contributed by atoms with van der Waals surface area (Å²) in [4.78, 5) is 18.1. The average Bonchev–Trinajstić information content (AvgIpc) is 2.89. The third kappa shape index (κ3) is 2.52. The van der Waals surface area contributed by atoms with Gasteiger partial charge >= 0.3 is 0 Å². The van der Waals surface area contributed by atoms with Gasteiger partial charge in [-0.1, -0.05) is 0 Å². The molecular formula is C13H20N4O. The lowest BCUT2D eigenvalue weighted by molar-refractivity contribution is -0.125. The molecule has 2 unspecified atom stereocenters. The van der Waals surface area contributed by atoms with Crippen molar-refractivity contribution in [1.82, 2.24) is 15.2 Å². The first-order valence-electron chi connectivity index (χ1n) is 6.35. The van der Waals surface area contributed by atoms with Crippen LogP contribution in [0.5, 0.6) is 0 Å². The summed E-state index contributed by atoms with van der Waals surface area (Å²) in [5.41, 5.74) is 7.02. The van der Waals surface area contributed by atoms with E-state index in [4.69, 9.17) is 5.73 Å². The third-order valence-electron chi connectivity index (χ3n) is 3.56. The minimum Gasteiger partial charge on any atom is -0.358 e. The Bertz CT molecular complexity index is 395. The first-order chi connectivity index (χ1) is 8.77. The summed E-state index contributed by atoms with van der Waals surface area (Å²) in [5.74, 6) is 0.0833. The molecule has 0 radical (unpaired) electrons. The highest BCUT2D eigenvalue weighted by Crippen LogP contribution is 2.28. The van der Waals surface area contributed by atoms with Gasteiger partial charge in [0.2, 0.25) is 5.91 Å². The molecule has 1 aromatic rings. The Kier molecular flexibility index (Phi) is 4.28. The van der Waals surface area contributed by atoms with Gasteiger partial charge in [-0.25, -0.2) is 0 Å². The molecular weight excluding hydrogens is 228 g/mol. The van der Waals surface area contributed by atoms with Gasteiger partial charge in [-0.15, -0.1) is 0 Å². The largest absolute Gasteiger partial charge is 0.358 e. The zero-order valence-electron chi connectivity index (χ0n) is 10.7. The maximum atomic E-state index is 11.9. The van der Waals surface area contributed by atoms with Crippen LogP contribution in [0, 0.1) is 0 Å². The van der Waals surface area contributed by atoms with Crippen LogP contribution in [0.15, 0.2) is 24.5 Å². The highest BCUT2D eigenvalue weighted by atomic mass is 16.2. The van der Waals surface area contributed by atoms with E-state index in [0.717, 1.165) is 24.9 Å². The molecule has 1 saturated heterocycles. The first-order valence-corrected chi connectivity index (χ1v) is 6.35. The fourth-order valence-corrected chi connectivity index (χ4v) is 2.66. The van der Waals surface area contributed by atoms with Crippen LogP contribution in [0.4, 0.5) is 0 Å². The Morgan fingerprint density at radius 1 is 1.61 bits per heavy atom. The van der Waals surface area contributed by atoms with E-state index in [0.29, 0.717) is 6.54 Å². The number of rotatable bonds is 4. The molecule has 0 saturated carbocycles. The van der Waals surface area contributed by atoms with Gasteiger partial charge in [-0.3, -0.25) is 14.7 Å². The molecule has 2 atom stereocenters. The van der Waals surface area contributed by atoms with Crippen molar-refractivity contribution in [3.8, 4) is 0 Å². The number of carbonyl (C=O) groups excluding carboxylic acids is 1. The van der Waals surface area contributed by atoms with E-state index in [9.17, 15) is 4.79 Å². The Morgan fingerprint density at radius 3 is 2.94 bits per heavy atom. The molecule has 1 fully saturated rings. The highest BCUT2D eigenvalue weighted by Gasteiger charge is 2.34. The van der Waals surface area contributed by atoms with Gasteiger partial charge in [0.15, 0.2) is 0 Å². The summed E-state index contributed by atoms with van der Waals surface area (Å²) in [6.07, 6.45) is 5.48. The first kappa shape index (κ1) is 13.0. The van der Waals surface area contributed by atoms with Crippen LogP contribution in [0.3, 0.4) is 0 Å². The Morgan fingerprint density at radius 2 is 2.33 bits per heavy atom. The van der Waals surface area contributed by atoms with Crippen LogP contribution in [0.25, 0.3) is 0 Å². The SMILES string of the molecule is CNC(=O)C1CCCN1C(CN)c1ccncc1. The minimum atomic E-state index is -0.0586. The summed E-state index contributed by atoms with van der Waals surface area (Å²) in [5, 5.41) is 2.73. The second-order valence-corrected chi connectivity index (χ2v) is 4.54. The van der Waals surface area contributed by atoms with Crippen molar-refractivity contribution in [1.29, 1.82) is 0 Å². The molecule has 18 heavy (non-hydrogen) atoms. The van der Waals surface area contributed by atoms with Crippen LogP contribution in [-0.4, -0.2) is 42.0 Å². The van der Waals surface area contributed by atoms with E-state index in [1.54, 1.807) is 19.4 Å². The zero-order valence-corrected chi connectivity index (χ0v) is 10.7. The van der Waals surface area contributed by atoms with Crippen molar-refractivity contribution in [2.45, 2.75) is 24.9 Å².